The number of halogens is 2. The highest BCUT2D eigenvalue weighted by atomic mass is 35.5. The van der Waals surface area contributed by atoms with Crippen molar-refractivity contribution < 1.29 is 9.60 Å². The lowest BCUT2D eigenvalue weighted by Crippen LogP contribution is -1.97. The number of aromatic amines is 1. The summed E-state index contributed by atoms with van der Waals surface area (Å²) in [4.78, 5) is 7.74. The molecule has 0 saturated heterocycles. The molecule has 0 spiro atoms. The molecule has 0 atom stereocenters. The molecule has 0 aliphatic heterocycles. The maximum Gasteiger partial charge on any atom is 0.144 e. The van der Waals surface area contributed by atoms with Gasteiger partial charge in [-0.2, -0.15) is 0 Å². The number of nitrogens with one attached hydrogen (secondary N) is 1. The minimum absolute atomic E-state index is 0.0360. The molecule has 1 heterocycles. The zero-order valence-corrected chi connectivity index (χ0v) is 14.0. The predicted octanol–water partition coefficient (Wildman–Crippen LogP) is 5.23. The van der Waals surface area contributed by atoms with Gasteiger partial charge in [0.05, 0.1) is 16.1 Å². The van der Waals surface area contributed by atoms with Crippen molar-refractivity contribution in [3.8, 4) is 22.5 Å². The molecule has 0 bridgehead atoms. The van der Waals surface area contributed by atoms with Crippen molar-refractivity contribution in [2.45, 2.75) is 0 Å². The van der Waals surface area contributed by atoms with E-state index in [2.05, 4.69) is 15.1 Å². The predicted molar refractivity (Wildman–Crippen MR) is 99.4 cm³/mol. The molecule has 1 aliphatic rings. The van der Waals surface area contributed by atoms with Crippen molar-refractivity contribution >= 4 is 28.3 Å². The van der Waals surface area contributed by atoms with E-state index in [1.807, 2.05) is 42.5 Å². The molecule has 0 amide bonds. The van der Waals surface area contributed by atoms with Crippen LogP contribution in [-0.2, 0) is 0 Å². The molecule has 2 N–H and O–H groups in total. The summed E-state index contributed by atoms with van der Waals surface area (Å²) >= 11 is 5.87. The molecule has 3 aromatic carbocycles. The Morgan fingerprint density at radius 2 is 1.69 bits per heavy atom. The topological polar surface area (TPSA) is 61.3 Å². The number of aromatic nitrogens is 2. The Morgan fingerprint density at radius 3 is 2.50 bits per heavy atom. The largest absolute Gasteiger partial charge is 0.410 e. The Hall–Kier alpha value is -3.18. The molecule has 4 nitrogen and oxygen atoms in total. The van der Waals surface area contributed by atoms with Crippen LogP contribution in [0.2, 0.25) is 5.02 Å². The lowest BCUT2D eigenvalue weighted by molar-refractivity contribution is 0.320. The van der Waals surface area contributed by atoms with Gasteiger partial charge in [0.1, 0.15) is 17.4 Å². The molecular formula is C20H11ClFN3O. The molecule has 1 aliphatic carbocycles. The Balaban J connectivity index is 1.81. The third-order valence-electron chi connectivity index (χ3n) is 4.65. The van der Waals surface area contributed by atoms with E-state index >= 15 is 0 Å². The third-order valence-corrected chi connectivity index (χ3v) is 4.94. The summed E-state index contributed by atoms with van der Waals surface area (Å²) in [5.41, 5.74) is 6.13. The van der Waals surface area contributed by atoms with Crippen molar-refractivity contribution in [3.05, 3.63) is 76.6 Å². The van der Waals surface area contributed by atoms with Crippen LogP contribution in [0.25, 0.3) is 33.5 Å². The standard InChI is InChI=1S/C20H11ClFN3O/c21-14-8-16-17(9-15(14)22)24-20(23-16)13-7-3-6-12-18(13)10-4-1-2-5-11(10)19(12)25-26/h1-9,26H,(H,23,24). The number of benzene rings is 3. The van der Waals surface area contributed by atoms with Crippen LogP contribution < -0.4 is 0 Å². The van der Waals surface area contributed by atoms with E-state index in [9.17, 15) is 9.60 Å². The minimum atomic E-state index is -0.493. The first-order valence-corrected chi connectivity index (χ1v) is 8.35. The molecule has 0 radical (unpaired) electrons. The number of rotatable bonds is 1. The average Bonchev–Trinajstić information content (AvgIpc) is 3.20. The minimum Gasteiger partial charge on any atom is -0.410 e. The smallest absolute Gasteiger partial charge is 0.144 e. The van der Waals surface area contributed by atoms with Gasteiger partial charge in [0.25, 0.3) is 0 Å². The van der Waals surface area contributed by atoms with Crippen molar-refractivity contribution in [1.82, 2.24) is 9.97 Å². The highest BCUT2D eigenvalue weighted by molar-refractivity contribution is 6.31. The number of hydrogen-bond donors (Lipinski definition) is 2. The molecule has 1 aromatic heterocycles. The van der Waals surface area contributed by atoms with Crippen LogP contribution in [-0.4, -0.2) is 20.9 Å². The van der Waals surface area contributed by atoms with E-state index in [0.717, 1.165) is 27.8 Å². The van der Waals surface area contributed by atoms with E-state index in [0.29, 0.717) is 22.6 Å². The molecule has 126 valence electrons. The summed E-state index contributed by atoms with van der Waals surface area (Å²) in [5, 5.41) is 13.0. The maximum absolute atomic E-state index is 13.8. The first-order chi connectivity index (χ1) is 12.7. The van der Waals surface area contributed by atoms with Gasteiger partial charge >= 0.3 is 0 Å². The van der Waals surface area contributed by atoms with Gasteiger partial charge in [-0.3, -0.25) is 0 Å². The van der Waals surface area contributed by atoms with Gasteiger partial charge in [0, 0.05) is 28.3 Å². The van der Waals surface area contributed by atoms with Gasteiger partial charge in [0.15, 0.2) is 0 Å². The number of nitrogens with zero attached hydrogens (tertiary/aromatic N) is 2. The Bertz CT molecular complexity index is 1190. The third kappa shape index (κ3) is 2.01. The molecular weight excluding hydrogens is 353 g/mol. The molecule has 0 saturated carbocycles. The highest BCUT2D eigenvalue weighted by Crippen LogP contribution is 2.42. The molecule has 0 unspecified atom stereocenters. The lowest BCUT2D eigenvalue weighted by atomic mass is 9.99. The second-order valence-corrected chi connectivity index (χ2v) is 6.50. The van der Waals surface area contributed by atoms with Crippen LogP contribution in [0, 0.1) is 5.82 Å². The lowest BCUT2D eigenvalue weighted by Gasteiger charge is -2.06. The van der Waals surface area contributed by atoms with Gasteiger partial charge in [0.2, 0.25) is 0 Å². The summed E-state index contributed by atoms with van der Waals surface area (Å²) in [6.45, 7) is 0. The van der Waals surface area contributed by atoms with Crippen LogP contribution in [0.15, 0.2) is 59.8 Å². The fourth-order valence-electron chi connectivity index (χ4n) is 3.53. The van der Waals surface area contributed by atoms with Crippen molar-refractivity contribution in [2.75, 3.05) is 0 Å². The monoisotopic (exact) mass is 363 g/mol. The Labute approximate surface area is 152 Å². The van der Waals surface area contributed by atoms with E-state index in [1.165, 1.54) is 12.1 Å². The second kappa shape index (κ2) is 5.41. The fourth-order valence-corrected chi connectivity index (χ4v) is 3.69. The van der Waals surface area contributed by atoms with Gasteiger partial charge < -0.3 is 10.2 Å². The van der Waals surface area contributed by atoms with Crippen LogP contribution >= 0.6 is 11.6 Å². The van der Waals surface area contributed by atoms with Crippen LogP contribution in [0.5, 0.6) is 0 Å². The summed E-state index contributed by atoms with van der Waals surface area (Å²) in [6.07, 6.45) is 0. The normalized spacial score (nSPS) is 14.0. The van der Waals surface area contributed by atoms with Crippen LogP contribution in [0.1, 0.15) is 11.1 Å². The molecule has 6 heteroatoms. The molecule has 5 rings (SSSR count). The SMILES string of the molecule is ON=C1c2ccccc2-c2c1cccc2-c1nc2cc(Cl)c(F)cc2[nH]1. The zero-order chi connectivity index (χ0) is 17.8. The van der Waals surface area contributed by atoms with Crippen molar-refractivity contribution in [3.63, 3.8) is 0 Å². The number of fused-ring (bicyclic) bond motifs is 4. The molecule has 26 heavy (non-hydrogen) atoms. The van der Waals surface area contributed by atoms with Gasteiger partial charge in [-0.05, 0) is 11.6 Å². The van der Waals surface area contributed by atoms with E-state index < -0.39 is 5.82 Å². The number of hydrogen-bond acceptors (Lipinski definition) is 3. The summed E-state index contributed by atoms with van der Waals surface area (Å²) < 4.78 is 13.8. The fraction of sp³-hybridized carbons (Fsp3) is 0. The summed E-state index contributed by atoms with van der Waals surface area (Å²) in [7, 11) is 0. The number of H-pyrrole nitrogens is 1. The maximum atomic E-state index is 13.8. The summed E-state index contributed by atoms with van der Waals surface area (Å²) in [5.74, 6) is 0.111. The second-order valence-electron chi connectivity index (χ2n) is 6.09. The zero-order valence-electron chi connectivity index (χ0n) is 13.3. The van der Waals surface area contributed by atoms with Gasteiger partial charge in [-0.25, -0.2) is 9.37 Å². The Morgan fingerprint density at radius 1 is 0.962 bits per heavy atom. The first-order valence-electron chi connectivity index (χ1n) is 7.97. The van der Waals surface area contributed by atoms with Crippen molar-refractivity contribution in [2.24, 2.45) is 5.16 Å². The van der Waals surface area contributed by atoms with E-state index in [4.69, 9.17) is 11.6 Å². The quantitative estimate of drug-likeness (QED) is 0.316. The van der Waals surface area contributed by atoms with E-state index in [-0.39, 0.29) is 5.02 Å². The van der Waals surface area contributed by atoms with Gasteiger partial charge in [-0.1, -0.05) is 59.2 Å². The number of imidazole rings is 1. The van der Waals surface area contributed by atoms with Crippen LogP contribution in [0.3, 0.4) is 0 Å². The van der Waals surface area contributed by atoms with E-state index in [1.54, 1.807) is 0 Å². The Kier molecular flexibility index (Phi) is 3.14. The molecule has 0 fully saturated rings. The summed E-state index contributed by atoms with van der Waals surface area (Å²) in [6, 6.07) is 16.3. The number of oxime groups is 1. The van der Waals surface area contributed by atoms with Gasteiger partial charge in [-0.15, -0.1) is 0 Å². The highest BCUT2D eigenvalue weighted by Gasteiger charge is 2.28. The van der Waals surface area contributed by atoms with Crippen molar-refractivity contribution in [1.29, 1.82) is 0 Å². The first kappa shape index (κ1) is 15.1. The molecule has 4 aromatic rings. The average molecular weight is 364 g/mol. The van der Waals surface area contributed by atoms with Crippen LogP contribution in [0.4, 0.5) is 4.39 Å².